The molecular formula is C22H36N6O7. The highest BCUT2D eigenvalue weighted by molar-refractivity contribution is 6.41. The first kappa shape index (κ1) is 28.2. The molecule has 0 saturated carbocycles. The number of urea groups is 1. The number of rotatable bonds is 4. The second kappa shape index (κ2) is 11.6. The van der Waals surface area contributed by atoms with Crippen molar-refractivity contribution < 1.29 is 33.9 Å². The minimum Gasteiger partial charge on any atom is -0.394 e. The van der Waals surface area contributed by atoms with E-state index in [0.29, 0.717) is 6.42 Å². The highest BCUT2D eigenvalue weighted by Gasteiger charge is 2.46. The summed E-state index contributed by atoms with van der Waals surface area (Å²) < 4.78 is 0. The van der Waals surface area contributed by atoms with Crippen LogP contribution in [0.4, 0.5) is 4.79 Å². The molecule has 0 aliphatic carbocycles. The summed E-state index contributed by atoms with van der Waals surface area (Å²) in [7, 11) is 0. The van der Waals surface area contributed by atoms with Gasteiger partial charge in [-0.3, -0.25) is 29.3 Å². The topological polar surface area (TPSA) is 195 Å². The summed E-state index contributed by atoms with van der Waals surface area (Å²) >= 11 is 0. The van der Waals surface area contributed by atoms with Crippen molar-refractivity contribution in [3.05, 3.63) is 0 Å². The maximum Gasteiger partial charge on any atom is 0.315 e. The van der Waals surface area contributed by atoms with Gasteiger partial charge < -0.3 is 31.7 Å². The second-order valence-electron chi connectivity index (χ2n) is 9.57. The van der Waals surface area contributed by atoms with E-state index in [9.17, 15) is 33.9 Å². The van der Waals surface area contributed by atoms with Gasteiger partial charge in [0.1, 0.15) is 17.7 Å². The molecule has 2 aliphatic heterocycles. The minimum atomic E-state index is -1.40. The Morgan fingerprint density at radius 3 is 2.09 bits per heavy atom. The van der Waals surface area contributed by atoms with Gasteiger partial charge in [0.2, 0.25) is 29.3 Å². The molecule has 2 fully saturated rings. The Morgan fingerprint density at radius 2 is 1.57 bits per heavy atom. The molecule has 0 radical (unpaired) electrons. The van der Waals surface area contributed by atoms with Gasteiger partial charge in [-0.2, -0.15) is 0 Å². The van der Waals surface area contributed by atoms with Crippen molar-refractivity contribution in [1.82, 2.24) is 31.9 Å². The normalized spacial score (nSPS) is 32.2. The average molecular weight is 497 g/mol. The van der Waals surface area contributed by atoms with Crippen molar-refractivity contribution in [2.45, 2.75) is 77.3 Å². The molecule has 0 aromatic carbocycles. The third-order valence-electron chi connectivity index (χ3n) is 6.37. The zero-order valence-corrected chi connectivity index (χ0v) is 20.7. The Bertz CT molecular complexity index is 868. The van der Waals surface area contributed by atoms with Gasteiger partial charge in [0, 0.05) is 0 Å². The smallest absolute Gasteiger partial charge is 0.315 e. The van der Waals surface area contributed by atoms with Crippen molar-refractivity contribution in [3.63, 3.8) is 0 Å². The molecule has 7 N–H and O–H groups in total. The first-order valence-corrected chi connectivity index (χ1v) is 11.8. The first-order chi connectivity index (χ1) is 16.3. The third kappa shape index (κ3) is 6.75. The van der Waals surface area contributed by atoms with E-state index in [1.807, 2.05) is 0 Å². The van der Waals surface area contributed by atoms with Crippen molar-refractivity contribution >= 4 is 35.3 Å². The fraction of sp³-hybridized carbons (Fsp3) is 0.727. The molecule has 2 rings (SSSR count). The van der Waals surface area contributed by atoms with Gasteiger partial charge in [-0.05, 0) is 18.8 Å². The van der Waals surface area contributed by atoms with Gasteiger partial charge in [0.25, 0.3) is 0 Å². The van der Waals surface area contributed by atoms with E-state index in [1.165, 1.54) is 6.92 Å². The Hall–Kier alpha value is -3.06. The molecule has 0 bridgehead atoms. The number of carbonyl (C=O) groups excluding carboxylic acids is 6. The molecule has 0 aromatic heterocycles. The SMILES string of the molecule is CC[C@H](C)[C@@H]1NC(=O)C(CO)NC(=O)[C@H](C(C)C)NC(=O)NCC2(CC(=O)N2)N[C@@H](C)C(=O)C1=O. The van der Waals surface area contributed by atoms with E-state index in [2.05, 4.69) is 31.9 Å². The predicted molar refractivity (Wildman–Crippen MR) is 124 cm³/mol. The van der Waals surface area contributed by atoms with E-state index >= 15 is 0 Å². The molecule has 2 saturated heterocycles. The number of hydrogen-bond acceptors (Lipinski definition) is 8. The Balaban J connectivity index is 2.42. The molecule has 5 amide bonds. The number of Topliss-reactive ketones (excluding diaryl/α,β-unsaturated/α-hetero) is 2. The van der Waals surface area contributed by atoms with Crippen LogP contribution >= 0.6 is 0 Å². The Labute approximate surface area is 203 Å². The predicted octanol–water partition coefficient (Wildman–Crippen LogP) is -2.34. The lowest BCUT2D eigenvalue weighted by atomic mass is 9.89. The Kier molecular flexibility index (Phi) is 9.32. The van der Waals surface area contributed by atoms with Crippen LogP contribution in [0.1, 0.15) is 47.5 Å². The van der Waals surface area contributed by atoms with E-state index in [1.54, 1.807) is 27.7 Å². The molecule has 2 heterocycles. The lowest BCUT2D eigenvalue weighted by Gasteiger charge is -2.44. The monoisotopic (exact) mass is 496 g/mol. The van der Waals surface area contributed by atoms with Gasteiger partial charge >= 0.3 is 6.03 Å². The zero-order chi connectivity index (χ0) is 26.5. The van der Waals surface area contributed by atoms with Crippen LogP contribution in [-0.4, -0.2) is 83.4 Å². The summed E-state index contributed by atoms with van der Waals surface area (Å²) in [5, 5.41) is 25.3. The standard InChI is InChI=1S/C22H36N6O7/c1-6-11(4)16-18(32)17(31)12(5)27-22(7-14(30)28-22)9-23-21(35)26-15(10(2)3)20(34)24-13(8-29)19(33)25-16/h10-13,15-16,27,29H,6-9H2,1-5H3,(H,24,34)(H,25,33)(H,28,30)(H2,23,26,35)/t11-,12-,13?,15-,16-,22?/m0/s1. The van der Waals surface area contributed by atoms with Crippen molar-refractivity contribution in [2.24, 2.45) is 11.8 Å². The van der Waals surface area contributed by atoms with Crippen molar-refractivity contribution in [3.8, 4) is 0 Å². The number of β-lactam (4-membered cyclic amide) rings is 1. The van der Waals surface area contributed by atoms with E-state index in [0.717, 1.165) is 0 Å². The maximum absolute atomic E-state index is 13.1. The molecular weight excluding hydrogens is 460 g/mol. The summed E-state index contributed by atoms with van der Waals surface area (Å²) in [6.45, 7) is 7.45. The van der Waals surface area contributed by atoms with Gasteiger partial charge in [-0.1, -0.05) is 34.1 Å². The van der Waals surface area contributed by atoms with Crippen LogP contribution in [0.2, 0.25) is 0 Å². The largest absolute Gasteiger partial charge is 0.394 e. The molecule has 196 valence electrons. The number of hydrogen-bond donors (Lipinski definition) is 7. The van der Waals surface area contributed by atoms with E-state index < -0.39 is 71.8 Å². The van der Waals surface area contributed by atoms with Crippen LogP contribution in [-0.2, 0) is 24.0 Å². The van der Waals surface area contributed by atoms with E-state index in [4.69, 9.17) is 0 Å². The fourth-order valence-electron chi connectivity index (χ4n) is 3.98. The van der Waals surface area contributed by atoms with Crippen LogP contribution in [0.15, 0.2) is 0 Å². The summed E-state index contributed by atoms with van der Waals surface area (Å²) in [5.41, 5.74) is -1.16. The maximum atomic E-state index is 13.1. The summed E-state index contributed by atoms with van der Waals surface area (Å²) in [6.07, 6.45) is 0.421. The van der Waals surface area contributed by atoms with Crippen LogP contribution < -0.4 is 31.9 Å². The summed E-state index contributed by atoms with van der Waals surface area (Å²) in [4.78, 5) is 76.0. The second-order valence-corrected chi connectivity index (χ2v) is 9.57. The van der Waals surface area contributed by atoms with Crippen LogP contribution in [0.25, 0.3) is 0 Å². The zero-order valence-electron chi connectivity index (χ0n) is 20.7. The number of aliphatic hydroxyl groups is 1. The molecule has 0 aromatic rings. The molecule has 2 aliphatic rings. The molecule has 2 unspecified atom stereocenters. The van der Waals surface area contributed by atoms with Gasteiger partial charge in [0.15, 0.2) is 0 Å². The lowest BCUT2D eigenvalue weighted by Crippen LogP contribution is -2.76. The number of nitrogens with one attached hydrogen (secondary N) is 6. The van der Waals surface area contributed by atoms with Crippen LogP contribution in [0.5, 0.6) is 0 Å². The van der Waals surface area contributed by atoms with Gasteiger partial charge in [-0.15, -0.1) is 0 Å². The number of ketones is 2. The molecule has 13 heteroatoms. The molecule has 35 heavy (non-hydrogen) atoms. The molecule has 1 spiro atoms. The van der Waals surface area contributed by atoms with Crippen molar-refractivity contribution in [2.75, 3.05) is 13.2 Å². The van der Waals surface area contributed by atoms with Crippen LogP contribution in [0.3, 0.4) is 0 Å². The number of carbonyl (C=O) groups is 6. The number of amides is 5. The Morgan fingerprint density at radius 1 is 0.943 bits per heavy atom. The average Bonchev–Trinajstić information content (AvgIpc) is 2.79. The van der Waals surface area contributed by atoms with Crippen molar-refractivity contribution in [1.29, 1.82) is 0 Å². The summed E-state index contributed by atoms with van der Waals surface area (Å²) in [6, 6.07) is -5.39. The third-order valence-corrected chi connectivity index (χ3v) is 6.37. The van der Waals surface area contributed by atoms with Gasteiger partial charge in [-0.25, -0.2) is 4.79 Å². The highest BCUT2D eigenvalue weighted by Crippen LogP contribution is 2.18. The quantitative estimate of drug-likeness (QED) is 0.166. The minimum absolute atomic E-state index is 0.0447. The first-order valence-electron chi connectivity index (χ1n) is 11.8. The number of aliphatic hydroxyl groups excluding tert-OH is 1. The summed E-state index contributed by atoms with van der Waals surface area (Å²) in [5.74, 6) is -4.32. The molecule has 6 atom stereocenters. The van der Waals surface area contributed by atoms with Crippen LogP contribution in [0, 0.1) is 11.8 Å². The van der Waals surface area contributed by atoms with E-state index in [-0.39, 0.29) is 24.8 Å². The highest BCUT2D eigenvalue weighted by atomic mass is 16.3. The molecule has 13 nitrogen and oxygen atoms in total. The van der Waals surface area contributed by atoms with Gasteiger partial charge in [0.05, 0.1) is 31.7 Å². The fourth-order valence-corrected chi connectivity index (χ4v) is 3.98. The lowest BCUT2D eigenvalue weighted by molar-refractivity contribution is -0.143.